The van der Waals surface area contributed by atoms with Gasteiger partial charge in [-0.1, -0.05) is 36.4 Å². The normalized spacial score (nSPS) is 13.1. The molecule has 0 aliphatic heterocycles. The highest BCUT2D eigenvalue weighted by Crippen LogP contribution is 2.40. The fourth-order valence-corrected chi connectivity index (χ4v) is 4.04. The number of nitrogens with zero attached hydrogens (tertiary/aromatic N) is 2. The summed E-state index contributed by atoms with van der Waals surface area (Å²) >= 11 is 0. The lowest BCUT2D eigenvalue weighted by atomic mass is 9.91. The van der Waals surface area contributed by atoms with E-state index in [1.54, 1.807) is 30.6 Å². The molecule has 164 valence electrons. The molecule has 8 nitrogen and oxygen atoms in total. The molecule has 1 N–H and O–H groups in total. The standard InChI is InChI=1S/C24H23N3O5/c1-15(16-6-4-3-5-7-16)26-22(28)12-17(14-27(29)30)18-8-9-20(31-2)24-23(18)19-10-11-25-13-21(19)32-24/h3-11,13,15,17H,12,14H2,1-2H3,(H,26,28). The predicted octanol–water partition coefficient (Wildman–Crippen LogP) is 4.62. The first kappa shape index (κ1) is 21.3. The Hall–Kier alpha value is -3.94. The van der Waals surface area contributed by atoms with E-state index in [1.807, 2.05) is 37.3 Å². The number of furan rings is 1. The third kappa shape index (κ3) is 4.25. The Balaban J connectivity index is 1.70. The molecule has 1 amide bonds. The number of ether oxygens (including phenoxy) is 1. The van der Waals surface area contributed by atoms with E-state index in [-0.39, 0.29) is 24.9 Å². The van der Waals surface area contributed by atoms with Crippen molar-refractivity contribution in [1.82, 2.24) is 10.3 Å². The van der Waals surface area contributed by atoms with E-state index in [9.17, 15) is 14.9 Å². The minimum Gasteiger partial charge on any atom is -0.493 e. The number of fused-ring (bicyclic) bond motifs is 3. The fourth-order valence-electron chi connectivity index (χ4n) is 4.04. The van der Waals surface area contributed by atoms with Crippen molar-refractivity contribution < 1.29 is 18.9 Å². The molecular formula is C24H23N3O5. The molecule has 0 aliphatic carbocycles. The van der Waals surface area contributed by atoms with E-state index in [1.165, 1.54) is 7.11 Å². The molecule has 0 radical (unpaired) electrons. The SMILES string of the molecule is COc1ccc(C(CC(=O)NC(C)c2ccccc2)C[N+](=O)[O-])c2c1oc1cnccc12. The molecule has 0 bridgehead atoms. The average Bonchev–Trinajstić information content (AvgIpc) is 3.18. The zero-order chi connectivity index (χ0) is 22.7. The molecule has 8 heteroatoms. The summed E-state index contributed by atoms with van der Waals surface area (Å²) in [6, 6.07) is 14.6. The number of nitro groups is 1. The van der Waals surface area contributed by atoms with E-state index in [0.29, 0.717) is 27.9 Å². The van der Waals surface area contributed by atoms with E-state index in [4.69, 9.17) is 9.15 Å². The van der Waals surface area contributed by atoms with Crippen LogP contribution in [-0.2, 0) is 4.79 Å². The zero-order valence-corrected chi connectivity index (χ0v) is 17.8. The van der Waals surface area contributed by atoms with Crippen LogP contribution in [0.1, 0.15) is 36.4 Å². The Morgan fingerprint density at radius 3 is 2.72 bits per heavy atom. The van der Waals surface area contributed by atoms with Crippen molar-refractivity contribution in [2.75, 3.05) is 13.7 Å². The van der Waals surface area contributed by atoms with Crippen LogP contribution in [0.3, 0.4) is 0 Å². The number of nitrogens with one attached hydrogen (secondary N) is 1. The molecule has 2 unspecified atom stereocenters. The summed E-state index contributed by atoms with van der Waals surface area (Å²) in [4.78, 5) is 28.0. The van der Waals surface area contributed by atoms with Gasteiger partial charge in [-0.25, -0.2) is 0 Å². The van der Waals surface area contributed by atoms with Crippen LogP contribution in [0.15, 0.2) is 65.3 Å². The lowest BCUT2D eigenvalue weighted by Gasteiger charge is -2.18. The second-order valence-corrected chi connectivity index (χ2v) is 7.65. The van der Waals surface area contributed by atoms with Gasteiger partial charge in [0.15, 0.2) is 16.9 Å². The molecule has 2 aromatic carbocycles. The summed E-state index contributed by atoms with van der Waals surface area (Å²) < 4.78 is 11.4. The minimum absolute atomic E-state index is 0.0304. The van der Waals surface area contributed by atoms with Gasteiger partial charge < -0.3 is 14.5 Å². The number of rotatable bonds is 8. The van der Waals surface area contributed by atoms with Gasteiger partial charge >= 0.3 is 0 Å². The molecule has 2 atom stereocenters. The molecular weight excluding hydrogens is 410 g/mol. The molecule has 0 aliphatic rings. The zero-order valence-electron chi connectivity index (χ0n) is 17.8. The Morgan fingerprint density at radius 2 is 2.00 bits per heavy atom. The van der Waals surface area contributed by atoms with Crippen LogP contribution in [0.5, 0.6) is 5.75 Å². The van der Waals surface area contributed by atoms with Gasteiger partial charge in [0.25, 0.3) is 0 Å². The number of hydrogen-bond acceptors (Lipinski definition) is 6. The van der Waals surface area contributed by atoms with Crippen LogP contribution < -0.4 is 10.1 Å². The second kappa shape index (κ2) is 9.05. The highest BCUT2D eigenvalue weighted by molar-refractivity contribution is 6.08. The van der Waals surface area contributed by atoms with Crippen molar-refractivity contribution in [3.63, 3.8) is 0 Å². The van der Waals surface area contributed by atoms with Gasteiger partial charge in [0.1, 0.15) is 0 Å². The third-order valence-corrected chi connectivity index (χ3v) is 5.56. The molecule has 0 saturated heterocycles. The summed E-state index contributed by atoms with van der Waals surface area (Å²) in [5, 5.41) is 15.9. The fraction of sp³-hybridized carbons (Fsp3) is 0.250. The van der Waals surface area contributed by atoms with Crippen LogP contribution in [0.25, 0.3) is 21.9 Å². The van der Waals surface area contributed by atoms with E-state index >= 15 is 0 Å². The molecule has 2 heterocycles. The largest absolute Gasteiger partial charge is 0.493 e. The molecule has 32 heavy (non-hydrogen) atoms. The van der Waals surface area contributed by atoms with Crippen molar-refractivity contribution in [2.24, 2.45) is 0 Å². The minimum atomic E-state index is -0.643. The van der Waals surface area contributed by atoms with Gasteiger partial charge in [-0.2, -0.15) is 0 Å². The van der Waals surface area contributed by atoms with Crippen LogP contribution >= 0.6 is 0 Å². The van der Waals surface area contributed by atoms with Gasteiger partial charge in [0.2, 0.25) is 12.5 Å². The molecule has 4 rings (SSSR count). The first-order valence-electron chi connectivity index (χ1n) is 10.3. The quantitative estimate of drug-likeness (QED) is 0.321. The van der Waals surface area contributed by atoms with E-state index in [2.05, 4.69) is 10.3 Å². The van der Waals surface area contributed by atoms with E-state index < -0.39 is 10.8 Å². The first-order valence-corrected chi connectivity index (χ1v) is 10.3. The number of benzene rings is 2. The predicted molar refractivity (Wildman–Crippen MR) is 120 cm³/mol. The Bertz CT molecular complexity index is 1270. The van der Waals surface area contributed by atoms with Gasteiger partial charge in [0, 0.05) is 28.3 Å². The maximum absolute atomic E-state index is 12.9. The lowest BCUT2D eigenvalue weighted by molar-refractivity contribution is -0.483. The summed E-state index contributed by atoms with van der Waals surface area (Å²) in [5.41, 5.74) is 2.67. The lowest BCUT2D eigenvalue weighted by Crippen LogP contribution is -2.29. The number of hydrogen-bond donors (Lipinski definition) is 1. The van der Waals surface area contributed by atoms with Gasteiger partial charge in [-0.15, -0.1) is 0 Å². The average molecular weight is 433 g/mol. The van der Waals surface area contributed by atoms with Crippen molar-refractivity contribution in [3.8, 4) is 5.75 Å². The van der Waals surface area contributed by atoms with Crippen LogP contribution in [0, 0.1) is 10.1 Å². The van der Waals surface area contributed by atoms with Gasteiger partial charge in [0.05, 0.1) is 25.3 Å². The van der Waals surface area contributed by atoms with E-state index in [0.717, 1.165) is 10.9 Å². The highest BCUT2D eigenvalue weighted by atomic mass is 16.6. The number of methoxy groups -OCH3 is 1. The first-order chi connectivity index (χ1) is 15.5. The van der Waals surface area contributed by atoms with Crippen LogP contribution in [0.4, 0.5) is 0 Å². The number of carbonyl (C=O) groups is 1. The molecule has 0 saturated carbocycles. The molecule has 2 aromatic heterocycles. The van der Waals surface area contributed by atoms with Gasteiger partial charge in [-0.3, -0.25) is 19.9 Å². The van der Waals surface area contributed by atoms with Crippen molar-refractivity contribution in [1.29, 1.82) is 0 Å². The summed E-state index contributed by atoms with van der Waals surface area (Å²) in [5.74, 6) is -0.385. The molecule has 0 fully saturated rings. The van der Waals surface area contributed by atoms with Crippen LogP contribution in [0.2, 0.25) is 0 Å². The number of pyridine rings is 1. The Kier molecular flexibility index (Phi) is 6.02. The number of carbonyl (C=O) groups excluding carboxylic acids is 1. The number of amides is 1. The highest BCUT2D eigenvalue weighted by Gasteiger charge is 2.27. The number of aromatic nitrogens is 1. The van der Waals surface area contributed by atoms with Crippen molar-refractivity contribution >= 4 is 27.8 Å². The Morgan fingerprint density at radius 1 is 1.22 bits per heavy atom. The van der Waals surface area contributed by atoms with Crippen LogP contribution in [-0.4, -0.2) is 29.5 Å². The van der Waals surface area contributed by atoms with Gasteiger partial charge in [-0.05, 0) is 30.2 Å². The Labute approximate surface area is 184 Å². The topological polar surface area (TPSA) is 108 Å². The summed E-state index contributed by atoms with van der Waals surface area (Å²) in [7, 11) is 1.53. The monoisotopic (exact) mass is 433 g/mol. The van der Waals surface area contributed by atoms with Crippen molar-refractivity contribution in [3.05, 3.63) is 82.2 Å². The maximum atomic E-state index is 12.9. The van der Waals surface area contributed by atoms with Crippen molar-refractivity contribution in [2.45, 2.75) is 25.3 Å². The smallest absolute Gasteiger partial charge is 0.221 e. The molecule has 0 spiro atoms. The summed E-state index contributed by atoms with van der Waals surface area (Å²) in [6.45, 7) is 1.50. The second-order valence-electron chi connectivity index (χ2n) is 7.65. The molecule has 4 aromatic rings. The maximum Gasteiger partial charge on any atom is 0.221 e. The third-order valence-electron chi connectivity index (χ3n) is 5.56. The summed E-state index contributed by atoms with van der Waals surface area (Å²) in [6.07, 6.45) is 3.20.